The lowest BCUT2D eigenvalue weighted by molar-refractivity contribution is 0.318. The van der Waals surface area contributed by atoms with E-state index in [1.54, 1.807) is 6.20 Å². The van der Waals surface area contributed by atoms with E-state index in [0.29, 0.717) is 0 Å². The summed E-state index contributed by atoms with van der Waals surface area (Å²) in [7, 11) is 0. The van der Waals surface area contributed by atoms with Gasteiger partial charge in [-0.2, -0.15) is 0 Å². The van der Waals surface area contributed by atoms with Gasteiger partial charge >= 0.3 is 0 Å². The molecular weight excluding hydrogens is 252 g/mol. The first-order valence-electron chi connectivity index (χ1n) is 7.35. The fourth-order valence-corrected chi connectivity index (χ4v) is 2.99. The molecule has 5 heteroatoms. The van der Waals surface area contributed by atoms with Gasteiger partial charge in [0.25, 0.3) is 0 Å². The number of pyridine rings is 1. The number of hydrogen-bond donors (Lipinski definition) is 2. The average molecular weight is 276 g/mol. The van der Waals surface area contributed by atoms with Crippen LogP contribution in [0.1, 0.15) is 43.7 Å². The lowest BCUT2D eigenvalue weighted by Gasteiger charge is -2.34. The van der Waals surface area contributed by atoms with Crippen LogP contribution in [-0.4, -0.2) is 29.1 Å². The molecule has 110 valence electrons. The van der Waals surface area contributed by atoms with E-state index in [1.807, 2.05) is 13.0 Å². The molecule has 2 heterocycles. The predicted molar refractivity (Wildman–Crippen MR) is 81.3 cm³/mol. The van der Waals surface area contributed by atoms with E-state index in [2.05, 4.69) is 22.0 Å². The van der Waals surface area contributed by atoms with Gasteiger partial charge in [0.15, 0.2) is 5.84 Å². The Labute approximate surface area is 120 Å². The SMILES string of the molecule is CCCC1CCN(c2nccc(C)c2/C(N)=N/O)CC1. The second kappa shape index (κ2) is 6.59. The van der Waals surface area contributed by atoms with Crippen molar-refractivity contribution in [3.8, 4) is 0 Å². The van der Waals surface area contributed by atoms with Gasteiger partial charge in [0, 0.05) is 19.3 Å². The fraction of sp³-hybridized carbons (Fsp3) is 0.600. The van der Waals surface area contributed by atoms with Crippen LogP contribution in [0.15, 0.2) is 17.4 Å². The number of nitrogens with two attached hydrogens (primary N) is 1. The molecule has 3 N–H and O–H groups in total. The molecule has 1 fully saturated rings. The maximum absolute atomic E-state index is 8.96. The molecule has 0 radical (unpaired) electrons. The number of rotatable bonds is 4. The van der Waals surface area contributed by atoms with E-state index in [-0.39, 0.29) is 5.84 Å². The number of hydrogen-bond acceptors (Lipinski definition) is 4. The molecule has 0 aromatic carbocycles. The van der Waals surface area contributed by atoms with Gasteiger partial charge in [-0.3, -0.25) is 0 Å². The highest BCUT2D eigenvalue weighted by Gasteiger charge is 2.23. The van der Waals surface area contributed by atoms with E-state index < -0.39 is 0 Å². The van der Waals surface area contributed by atoms with Gasteiger partial charge in [0.2, 0.25) is 0 Å². The van der Waals surface area contributed by atoms with Crippen LogP contribution in [0.3, 0.4) is 0 Å². The molecule has 5 nitrogen and oxygen atoms in total. The third kappa shape index (κ3) is 3.03. The smallest absolute Gasteiger partial charge is 0.174 e. The lowest BCUT2D eigenvalue weighted by atomic mass is 9.92. The van der Waals surface area contributed by atoms with Crippen LogP contribution in [0.2, 0.25) is 0 Å². The summed E-state index contributed by atoms with van der Waals surface area (Å²) in [6, 6.07) is 1.89. The number of piperidine rings is 1. The highest BCUT2D eigenvalue weighted by atomic mass is 16.4. The molecule has 0 saturated carbocycles. The van der Waals surface area contributed by atoms with Crippen LogP contribution in [-0.2, 0) is 0 Å². The Hall–Kier alpha value is -1.78. The second-order valence-electron chi connectivity index (χ2n) is 5.53. The summed E-state index contributed by atoms with van der Waals surface area (Å²) in [6.45, 7) is 6.19. The average Bonchev–Trinajstić information content (AvgIpc) is 2.47. The van der Waals surface area contributed by atoms with Crippen molar-refractivity contribution in [2.75, 3.05) is 18.0 Å². The third-order valence-electron chi connectivity index (χ3n) is 4.11. The third-order valence-corrected chi connectivity index (χ3v) is 4.11. The largest absolute Gasteiger partial charge is 0.409 e. The van der Waals surface area contributed by atoms with Crippen molar-refractivity contribution < 1.29 is 5.21 Å². The summed E-state index contributed by atoms with van der Waals surface area (Å²) in [5.74, 6) is 1.81. The summed E-state index contributed by atoms with van der Waals surface area (Å²) in [6.07, 6.45) is 6.74. The van der Waals surface area contributed by atoms with Gasteiger partial charge in [-0.05, 0) is 37.3 Å². The number of oxime groups is 1. The molecule has 1 aliphatic rings. The van der Waals surface area contributed by atoms with Crippen molar-refractivity contribution in [1.29, 1.82) is 0 Å². The Kier molecular flexibility index (Phi) is 4.82. The van der Waals surface area contributed by atoms with Crippen molar-refractivity contribution in [2.45, 2.75) is 39.5 Å². The lowest BCUT2D eigenvalue weighted by Crippen LogP contribution is -2.36. The Balaban J connectivity index is 2.20. The maximum atomic E-state index is 8.96. The van der Waals surface area contributed by atoms with Crippen LogP contribution >= 0.6 is 0 Å². The summed E-state index contributed by atoms with van der Waals surface area (Å²) < 4.78 is 0. The zero-order chi connectivity index (χ0) is 14.5. The minimum absolute atomic E-state index is 0.140. The summed E-state index contributed by atoms with van der Waals surface area (Å²) >= 11 is 0. The molecule has 20 heavy (non-hydrogen) atoms. The highest BCUT2D eigenvalue weighted by Crippen LogP contribution is 2.28. The Morgan fingerprint density at radius 1 is 1.50 bits per heavy atom. The summed E-state index contributed by atoms with van der Waals surface area (Å²) in [5.41, 5.74) is 7.55. The van der Waals surface area contributed by atoms with E-state index in [0.717, 1.165) is 36.0 Å². The highest BCUT2D eigenvalue weighted by molar-refractivity contribution is 6.02. The first kappa shape index (κ1) is 14.6. The fourth-order valence-electron chi connectivity index (χ4n) is 2.99. The Morgan fingerprint density at radius 2 is 2.20 bits per heavy atom. The molecule has 0 atom stereocenters. The monoisotopic (exact) mass is 276 g/mol. The van der Waals surface area contributed by atoms with Crippen LogP contribution in [0.25, 0.3) is 0 Å². The van der Waals surface area contributed by atoms with Crippen molar-refractivity contribution in [2.24, 2.45) is 16.8 Å². The number of aryl methyl sites for hydroxylation is 1. The number of amidine groups is 1. The zero-order valence-corrected chi connectivity index (χ0v) is 12.3. The number of anilines is 1. The molecule has 1 aromatic heterocycles. The first-order chi connectivity index (χ1) is 9.67. The zero-order valence-electron chi connectivity index (χ0n) is 12.3. The minimum atomic E-state index is 0.140. The molecule has 0 unspecified atom stereocenters. The quantitative estimate of drug-likeness (QED) is 0.383. The predicted octanol–water partition coefficient (Wildman–Crippen LogP) is 2.50. The van der Waals surface area contributed by atoms with Crippen LogP contribution in [0.4, 0.5) is 5.82 Å². The van der Waals surface area contributed by atoms with E-state index in [9.17, 15) is 0 Å². The van der Waals surface area contributed by atoms with Gasteiger partial charge in [-0.15, -0.1) is 0 Å². The Bertz CT molecular complexity index is 479. The molecule has 0 amide bonds. The summed E-state index contributed by atoms with van der Waals surface area (Å²) in [4.78, 5) is 6.71. The number of aromatic nitrogens is 1. The van der Waals surface area contributed by atoms with E-state index in [4.69, 9.17) is 10.9 Å². The van der Waals surface area contributed by atoms with Gasteiger partial charge in [0.1, 0.15) is 5.82 Å². The van der Waals surface area contributed by atoms with Crippen molar-refractivity contribution in [3.63, 3.8) is 0 Å². The molecule has 0 aliphatic carbocycles. The Morgan fingerprint density at radius 3 is 2.80 bits per heavy atom. The van der Waals surface area contributed by atoms with Crippen molar-refractivity contribution >= 4 is 11.7 Å². The minimum Gasteiger partial charge on any atom is -0.409 e. The van der Waals surface area contributed by atoms with Gasteiger partial charge < -0.3 is 15.8 Å². The summed E-state index contributed by atoms with van der Waals surface area (Å²) in [5, 5.41) is 12.1. The van der Waals surface area contributed by atoms with Crippen LogP contribution in [0.5, 0.6) is 0 Å². The van der Waals surface area contributed by atoms with E-state index in [1.165, 1.54) is 25.7 Å². The standard InChI is InChI=1S/C15H24N4O/c1-3-4-12-6-9-19(10-7-12)15-13(14(16)18-20)11(2)5-8-17-15/h5,8,12,20H,3-4,6-7,9-10H2,1-2H3,(H2,16,18). The molecule has 1 saturated heterocycles. The molecular formula is C15H24N4O. The number of nitrogens with zero attached hydrogens (tertiary/aromatic N) is 3. The molecule has 0 spiro atoms. The van der Waals surface area contributed by atoms with Crippen LogP contribution < -0.4 is 10.6 Å². The van der Waals surface area contributed by atoms with E-state index >= 15 is 0 Å². The van der Waals surface area contributed by atoms with Gasteiger partial charge in [-0.1, -0.05) is 24.9 Å². The van der Waals surface area contributed by atoms with Crippen molar-refractivity contribution in [3.05, 3.63) is 23.4 Å². The maximum Gasteiger partial charge on any atom is 0.174 e. The molecule has 1 aromatic rings. The van der Waals surface area contributed by atoms with Crippen molar-refractivity contribution in [1.82, 2.24) is 4.98 Å². The van der Waals surface area contributed by atoms with Gasteiger partial charge in [0.05, 0.1) is 5.56 Å². The van der Waals surface area contributed by atoms with Gasteiger partial charge in [-0.25, -0.2) is 4.98 Å². The second-order valence-corrected chi connectivity index (χ2v) is 5.53. The molecule has 1 aliphatic heterocycles. The van der Waals surface area contributed by atoms with Crippen LogP contribution in [0, 0.1) is 12.8 Å². The first-order valence-corrected chi connectivity index (χ1v) is 7.35. The molecule has 0 bridgehead atoms. The normalized spacial score (nSPS) is 17.5. The molecule has 2 rings (SSSR count). The topological polar surface area (TPSA) is 74.7 Å².